The maximum Gasteiger partial charge on any atom is 0.250 e. The predicted octanol–water partition coefficient (Wildman–Crippen LogP) is 0.612. The Kier molecular flexibility index (Phi) is 4.59. The molecular weight excluding hydrogens is 282 g/mol. The highest BCUT2D eigenvalue weighted by Crippen LogP contribution is 2.22. The zero-order valence-electron chi connectivity index (χ0n) is 11.0. The highest BCUT2D eigenvalue weighted by atomic mass is 35.5. The minimum Gasteiger partial charge on any atom is -0.379 e. The third-order valence-corrected chi connectivity index (χ3v) is 3.60. The van der Waals surface area contributed by atoms with Crippen molar-refractivity contribution in [2.45, 2.75) is 6.04 Å². The predicted molar refractivity (Wildman–Crippen MR) is 75.8 cm³/mol. The monoisotopic (exact) mass is 297 g/mol. The normalized spacial score (nSPS) is 21.7. The number of nitrogens with two attached hydrogens (primary N) is 1. The number of benzene rings is 1. The lowest BCUT2D eigenvalue weighted by atomic mass is 10.0. The molecule has 2 unspecified atom stereocenters. The van der Waals surface area contributed by atoms with E-state index in [-0.39, 0.29) is 28.5 Å². The lowest BCUT2D eigenvalue weighted by molar-refractivity contribution is -0.120. The fourth-order valence-electron chi connectivity index (χ4n) is 2.12. The van der Waals surface area contributed by atoms with E-state index in [0.29, 0.717) is 18.9 Å². The Hall–Kier alpha value is -1.63. The largest absolute Gasteiger partial charge is 0.379 e. The first-order valence-corrected chi connectivity index (χ1v) is 6.56. The molecule has 20 heavy (non-hydrogen) atoms. The van der Waals surface area contributed by atoms with Crippen LogP contribution in [-0.2, 0) is 9.53 Å². The molecular formula is C13H16ClN3O3. The van der Waals surface area contributed by atoms with Crippen molar-refractivity contribution in [3.63, 3.8) is 0 Å². The molecule has 4 N–H and O–H groups in total. The number of carbonyl (C=O) groups excluding carboxylic acids is 2. The number of halogens is 1. The highest BCUT2D eigenvalue weighted by Gasteiger charge is 2.33. The van der Waals surface area contributed by atoms with Gasteiger partial charge in [-0.15, -0.1) is 0 Å². The van der Waals surface area contributed by atoms with E-state index in [2.05, 4.69) is 10.6 Å². The molecule has 7 heteroatoms. The average Bonchev–Trinajstić information content (AvgIpc) is 2.86. The van der Waals surface area contributed by atoms with Crippen LogP contribution in [0.2, 0.25) is 5.02 Å². The van der Waals surface area contributed by atoms with Crippen molar-refractivity contribution >= 4 is 29.1 Å². The van der Waals surface area contributed by atoms with Gasteiger partial charge in [-0.3, -0.25) is 9.59 Å². The van der Waals surface area contributed by atoms with Crippen molar-refractivity contribution in [1.82, 2.24) is 5.32 Å². The summed E-state index contributed by atoms with van der Waals surface area (Å²) in [6.07, 6.45) is 0. The van der Waals surface area contributed by atoms with Gasteiger partial charge in [-0.25, -0.2) is 0 Å². The average molecular weight is 298 g/mol. The van der Waals surface area contributed by atoms with Crippen LogP contribution >= 0.6 is 11.6 Å². The number of carbonyl (C=O) groups is 2. The van der Waals surface area contributed by atoms with Crippen molar-refractivity contribution < 1.29 is 14.3 Å². The Balaban J connectivity index is 2.08. The standard InChI is InChI=1S/C13H16ClN3O3/c1-16-11-6-20-5-9(11)13(19)17-7-2-3-8(12(15)18)10(14)4-7/h2-4,9,11,16H,5-6H2,1H3,(H2,15,18)(H,17,19). The fourth-order valence-corrected chi connectivity index (χ4v) is 2.40. The molecule has 2 rings (SSSR count). The van der Waals surface area contributed by atoms with Crippen LogP contribution in [0.5, 0.6) is 0 Å². The minimum absolute atomic E-state index is 0.00429. The molecule has 0 bridgehead atoms. The molecule has 1 aromatic carbocycles. The van der Waals surface area contributed by atoms with Gasteiger partial charge in [-0.1, -0.05) is 11.6 Å². The van der Waals surface area contributed by atoms with Gasteiger partial charge in [0.05, 0.1) is 29.7 Å². The zero-order chi connectivity index (χ0) is 14.7. The topological polar surface area (TPSA) is 93.4 Å². The van der Waals surface area contributed by atoms with E-state index in [4.69, 9.17) is 22.1 Å². The first-order valence-electron chi connectivity index (χ1n) is 6.18. The van der Waals surface area contributed by atoms with E-state index in [1.807, 2.05) is 0 Å². The molecule has 0 spiro atoms. The van der Waals surface area contributed by atoms with Crippen molar-refractivity contribution in [2.75, 3.05) is 25.6 Å². The summed E-state index contributed by atoms with van der Waals surface area (Å²) in [5, 5.41) is 6.01. The number of hydrogen-bond donors (Lipinski definition) is 3. The van der Waals surface area contributed by atoms with E-state index in [1.165, 1.54) is 12.1 Å². The van der Waals surface area contributed by atoms with Gasteiger partial charge in [0.2, 0.25) is 11.8 Å². The molecule has 0 saturated carbocycles. The number of nitrogens with one attached hydrogen (secondary N) is 2. The molecule has 108 valence electrons. The first kappa shape index (κ1) is 14.8. The van der Waals surface area contributed by atoms with Crippen LogP contribution in [0.25, 0.3) is 0 Å². The Morgan fingerprint density at radius 1 is 1.40 bits per heavy atom. The number of likely N-dealkylation sites (N-methyl/N-ethyl adjacent to an activating group) is 1. The number of ether oxygens (including phenoxy) is 1. The van der Waals surface area contributed by atoms with Gasteiger partial charge in [-0.05, 0) is 25.2 Å². The second-order valence-corrected chi connectivity index (χ2v) is 4.99. The molecule has 1 heterocycles. The Morgan fingerprint density at radius 3 is 2.75 bits per heavy atom. The number of primary amides is 1. The van der Waals surface area contributed by atoms with Crippen LogP contribution in [0.4, 0.5) is 5.69 Å². The van der Waals surface area contributed by atoms with Gasteiger partial charge in [-0.2, -0.15) is 0 Å². The van der Waals surface area contributed by atoms with E-state index in [0.717, 1.165) is 0 Å². The van der Waals surface area contributed by atoms with Crippen LogP contribution in [0.3, 0.4) is 0 Å². The van der Waals surface area contributed by atoms with Crippen LogP contribution in [0.15, 0.2) is 18.2 Å². The lowest BCUT2D eigenvalue weighted by Crippen LogP contribution is -2.39. The van der Waals surface area contributed by atoms with Gasteiger partial charge in [0.25, 0.3) is 0 Å². The van der Waals surface area contributed by atoms with E-state index in [9.17, 15) is 9.59 Å². The summed E-state index contributed by atoms with van der Waals surface area (Å²) in [5.74, 6) is -1.01. The number of rotatable bonds is 4. The lowest BCUT2D eigenvalue weighted by Gasteiger charge is -2.16. The van der Waals surface area contributed by atoms with Crippen molar-refractivity contribution in [1.29, 1.82) is 0 Å². The summed E-state index contributed by atoms with van der Waals surface area (Å²) in [6.45, 7) is 0.889. The third-order valence-electron chi connectivity index (χ3n) is 3.29. The molecule has 0 aliphatic carbocycles. The number of amides is 2. The molecule has 0 aromatic heterocycles. The summed E-state index contributed by atoms with van der Waals surface area (Å²) in [4.78, 5) is 23.2. The van der Waals surface area contributed by atoms with Crippen LogP contribution in [-0.4, -0.2) is 38.1 Å². The first-order chi connectivity index (χ1) is 9.52. The summed E-state index contributed by atoms with van der Waals surface area (Å²) < 4.78 is 5.28. The van der Waals surface area contributed by atoms with Crippen molar-refractivity contribution in [3.05, 3.63) is 28.8 Å². The molecule has 1 fully saturated rings. The van der Waals surface area contributed by atoms with Crippen molar-refractivity contribution in [3.8, 4) is 0 Å². The van der Waals surface area contributed by atoms with Gasteiger partial charge >= 0.3 is 0 Å². The van der Waals surface area contributed by atoms with E-state index >= 15 is 0 Å². The fraction of sp³-hybridized carbons (Fsp3) is 0.385. The second-order valence-electron chi connectivity index (χ2n) is 4.59. The van der Waals surface area contributed by atoms with Crippen LogP contribution in [0, 0.1) is 5.92 Å². The van der Waals surface area contributed by atoms with E-state index < -0.39 is 5.91 Å². The highest BCUT2D eigenvalue weighted by molar-refractivity contribution is 6.34. The Labute approximate surface area is 121 Å². The summed E-state index contributed by atoms with van der Waals surface area (Å²) in [7, 11) is 1.79. The van der Waals surface area contributed by atoms with Gasteiger partial charge in [0.1, 0.15) is 0 Å². The Bertz CT molecular complexity index is 536. The SMILES string of the molecule is CNC1COCC1C(=O)Nc1ccc(C(N)=O)c(Cl)c1. The molecule has 1 saturated heterocycles. The van der Waals surface area contributed by atoms with Crippen molar-refractivity contribution in [2.24, 2.45) is 11.7 Å². The quantitative estimate of drug-likeness (QED) is 0.759. The molecule has 2 atom stereocenters. The minimum atomic E-state index is -0.604. The van der Waals surface area contributed by atoms with Crippen LogP contribution in [0.1, 0.15) is 10.4 Å². The summed E-state index contributed by atoms with van der Waals surface area (Å²) in [5.41, 5.74) is 5.91. The smallest absolute Gasteiger partial charge is 0.250 e. The number of anilines is 1. The van der Waals surface area contributed by atoms with Gasteiger partial charge in [0, 0.05) is 11.7 Å². The third kappa shape index (κ3) is 3.09. The van der Waals surface area contributed by atoms with Gasteiger partial charge in [0.15, 0.2) is 0 Å². The van der Waals surface area contributed by atoms with E-state index in [1.54, 1.807) is 13.1 Å². The van der Waals surface area contributed by atoms with Crippen LogP contribution < -0.4 is 16.4 Å². The summed E-state index contributed by atoms with van der Waals surface area (Å²) in [6, 6.07) is 4.58. The Morgan fingerprint density at radius 2 is 2.15 bits per heavy atom. The second kappa shape index (κ2) is 6.21. The molecule has 2 amide bonds. The maximum atomic E-state index is 12.1. The molecule has 1 aromatic rings. The zero-order valence-corrected chi connectivity index (χ0v) is 11.7. The van der Waals surface area contributed by atoms with Gasteiger partial charge < -0.3 is 21.1 Å². The maximum absolute atomic E-state index is 12.1. The molecule has 1 aliphatic rings. The molecule has 1 aliphatic heterocycles. The number of hydrogen-bond acceptors (Lipinski definition) is 4. The summed E-state index contributed by atoms with van der Waals surface area (Å²) >= 11 is 5.93. The molecule has 0 radical (unpaired) electrons. The molecule has 6 nitrogen and oxygen atoms in total.